The van der Waals surface area contributed by atoms with Crippen molar-refractivity contribution in [2.45, 2.75) is 44.9 Å². The maximum Gasteiger partial charge on any atom is 0.313 e. The molecule has 2 nitrogen and oxygen atoms in total. The van der Waals surface area contributed by atoms with Gasteiger partial charge in [0.15, 0.2) is 0 Å². The van der Waals surface area contributed by atoms with Crippen LogP contribution in [0.2, 0.25) is 0 Å². The summed E-state index contributed by atoms with van der Waals surface area (Å²) in [7, 11) is 1.48. The van der Waals surface area contributed by atoms with Crippen LogP contribution in [-0.4, -0.2) is 13.1 Å². The van der Waals surface area contributed by atoms with E-state index in [9.17, 15) is 4.79 Å². The summed E-state index contributed by atoms with van der Waals surface area (Å²) in [6.45, 7) is 2.20. The summed E-state index contributed by atoms with van der Waals surface area (Å²) in [4.78, 5) is 12.2. The number of carbonyl (C=O) groups excluding carboxylic acids is 1. The summed E-state index contributed by atoms with van der Waals surface area (Å²) in [5.74, 6) is -0.277. The number of rotatable bonds is 7. The molecule has 0 heterocycles. The summed E-state index contributed by atoms with van der Waals surface area (Å²) in [5, 5.41) is 2.34. The van der Waals surface area contributed by atoms with Gasteiger partial charge in [-0.1, -0.05) is 75.1 Å². The highest BCUT2D eigenvalue weighted by Crippen LogP contribution is 2.30. The van der Waals surface area contributed by atoms with E-state index < -0.39 is 0 Å². The molecular formula is C19H24O2. The van der Waals surface area contributed by atoms with Crippen molar-refractivity contribution in [3.8, 4) is 0 Å². The standard InChI is InChI=1S/C19H24O2/c1-3-4-5-6-13-18(19(20)21-2)17-14-9-11-15-10-7-8-12-16(15)17/h7-12,14,18H,3-6,13H2,1-2H3. The van der Waals surface area contributed by atoms with Crippen LogP contribution in [0.1, 0.15) is 50.5 Å². The summed E-state index contributed by atoms with van der Waals surface area (Å²) in [6, 6.07) is 14.4. The minimum atomic E-state index is -0.155. The van der Waals surface area contributed by atoms with E-state index in [1.54, 1.807) is 0 Å². The van der Waals surface area contributed by atoms with Gasteiger partial charge in [0.05, 0.1) is 13.0 Å². The topological polar surface area (TPSA) is 26.3 Å². The molecular weight excluding hydrogens is 260 g/mol. The molecule has 2 rings (SSSR count). The fourth-order valence-corrected chi connectivity index (χ4v) is 2.87. The van der Waals surface area contributed by atoms with Crippen molar-refractivity contribution >= 4 is 16.7 Å². The number of benzene rings is 2. The number of hydrogen-bond acceptors (Lipinski definition) is 2. The molecule has 2 heteroatoms. The molecule has 0 aliphatic heterocycles. The minimum Gasteiger partial charge on any atom is -0.469 e. The lowest BCUT2D eigenvalue weighted by Gasteiger charge is -2.17. The van der Waals surface area contributed by atoms with Crippen LogP contribution < -0.4 is 0 Å². The lowest BCUT2D eigenvalue weighted by Crippen LogP contribution is -2.14. The Morgan fingerprint density at radius 2 is 1.81 bits per heavy atom. The highest BCUT2D eigenvalue weighted by molar-refractivity contribution is 5.91. The Bertz CT molecular complexity index is 584. The fraction of sp³-hybridized carbons (Fsp3) is 0.421. The summed E-state index contributed by atoms with van der Waals surface area (Å²) in [6.07, 6.45) is 5.53. The normalized spacial score (nSPS) is 12.3. The third-order valence-corrected chi connectivity index (χ3v) is 4.03. The SMILES string of the molecule is CCCCCCC(C(=O)OC)c1cccc2ccccc12. The fourth-order valence-electron chi connectivity index (χ4n) is 2.87. The van der Waals surface area contributed by atoms with Crippen LogP contribution in [0.5, 0.6) is 0 Å². The molecule has 0 aliphatic rings. The van der Waals surface area contributed by atoms with E-state index in [0.29, 0.717) is 0 Å². The Morgan fingerprint density at radius 1 is 1.05 bits per heavy atom. The lowest BCUT2D eigenvalue weighted by atomic mass is 9.89. The Kier molecular flexibility index (Phi) is 5.79. The van der Waals surface area contributed by atoms with Crippen LogP contribution in [-0.2, 0) is 9.53 Å². The molecule has 0 saturated heterocycles. The highest BCUT2D eigenvalue weighted by Gasteiger charge is 2.22. The number of carbonyl (C=O) groups is 1. The molecule has 21 heavy (non-hydrogen) atoms. The molecule has 1 unspecified atom stereocenters. The third kappa shape index (κ3) is 3.84. The average Bonchev–Trinajstić information content (AvgIpc) is 2.54. The van der Waals surface area contributed by atoms with Crippen LogP contribution >= 0.6 is 0 Å². The number of ether oxygens (including phenoxy) is 1. The number of methoxy groups -OCH3 is 1. The van der Waals surface area contributed by atoms with E-state index in [2.05, 4.69) is 31.2 Å². The van der Waals surface area contributed by atoms with Gasteiger partial charge in [-0.05, 0) is 22.8 Å². The van der Waals surface area contributed by atoms with E-state index in [0.717, 1.165) is 23.8 Å². The molecule has 0 fully saturated rings. The Hall–Kier alpha value is -1.83. The van der Waals surface area contributed by atoms with Crippen molar-refractivity contribution in [3.63, 3.8) is 0 Å². The van der Waals surface area contributed by atoms with Crippen LogP contribution in [0.25, 0.3) is 10.8 Å². The molecule has 2 aromatic carbocycles. The number of unbranched alkanes of at least 4 members (excludes halogenated alkanes) is 3. The second-order valence-corrected chi connectivity index (χ2v) is 5.49. The first-order chi connectivity index (χ1) is 10.3. The largest absolute Gasteiger partial charge is 0.469 e. The molecule has 0 saturated carbocycles. The van der Waals surface area contributed by atoms with Gasteiger partial charge in [-0.15, -0.1) is 0 Å². The molecule has 112 valence electrons. The molecule has 0 N–H and O–H groups in total. The zero-order chi connectivity index (χ0) is 15.1. The van der Waals surface area contributed by atoms with Crippen molar-refractivity contribution in [3.05, 3.63) is 48.0 Å². The maximum absolute atomic E-state index is 12.2. The Labute approximate surface area is 127 Å². The van der Waals surface area contributed by atoms with E-state index in [-0.39, 0.29) is 11.9 Å². The third-order valence-electron chi connectivity index (χ3n) is 4.03. The summed E-state index contributed by atoms with van der Waals surface area (Å²) >= 11 is 0. The molecule has 0 amide bonds. The molecule has 0 aromatic heterocycles. The van der Waals surface area contributed by atoms with Crippen LogP contribution in [0, 0.1) is 0 Å². The van der Waals surface area contributed by atoms with E-state index >= 15 is 0 Å². The predicted molar refractivity (Wildman–Crippen MR) is 87.5 cm³/mol. The smallest absolute Gasteiger partial charge is 0.313 e. The van der Waals surface area contributed by atoms with Gasteiger partial charge in [0.1, 0.15) is 0 Å². The Morgan fingerprint density at radius 3 is 2.57 bits per heavy atom. The summed E-state index contributed by atoms with van der Waals surface area (Å²) in [5.41, 5.74) is 1.09. The molecule has 2 aromatic rings. The summed E-state index contributed by atoms with van der Waals surface area (Å²) < 4.78 is 5.03. The van der Waals surface area contributed by atoms with Crippen LogP contribution in [0.4, 0.5) is 0 Å². The number of esters is 1. The van der Waals surface area contributed by atoms with E-state index in [1.807, 2.05) is 18.2 Å². The van der Waals surface area contributed by atoms with Crippen LogP contribution in [0.3, 0.4) is 0 Å². The molecule has 1 atom stereocenters. The second-order valence-electron chi connectivity index (χ2n) is 5.49. The first-order valence-electron chi connectivity index (χ1n) is 7.83. The minimum absolute atomic E-state index is 0.122. The number of fused-ring (bicyclic) bond motifs is 1. The van der Waals surface area contributed by atoms with Crippen molar-refractivity contribution < 1.29 is 9.53 Å². The molecule has 0 spiro atoms. The lowest BCUT2D eigenvalue weighted by molar-refractivity contribution is -0.142. The number of hydrogen-bond donors (Lipinski definition) is 0. The van der Waals surface area contributed by atoms with Gasteiger partial charge in [-0.25, -0.2) is 0 Å². The highest BCUT2D eigenvalue weighted by atomic mass is 16.5. The predicted octanol–water partition coefficient (Wildman–Crippen LogP) is 5.07. The maximum atomic E-state index is 12.2. The van der Waals surface area contributed by atoms with Crippen LogP contribution in [0.15, 0.2) is 42.5 Å². The first kappa shape index (κ1) is 15.6. The second kappa shape index (κ2) is 7.82. The van der Waals surface area contributed by atoms with Crippen molar-refractivity contribution in [1.82, 2.24) is 0 Å². The zero-order valence-electron chi connectivity index (χ0n) is 13.0. The first-order valence-corrected chi connectivity index (χ1v) is 7.83. The van der Waals surface area contributed by atoms with Crippen molar-refractivity contribution in [2.24, 2.45) is 0 Å². The van der Waals surface area contributed by atoms with Gasteiger partial charge in [0, 0.05) is 0 Å². The zero-order valence-corrected chi connectivity index (χ0v) is 13.0. The van der Waals surface area contributed by atoms with Crippen molar-refractivity contribution in [2.75, 3.05) is 7.11 Å². The molecule has 0 radical (unpaired) electrons. The molecule has 0 bridgehead atoms. The van der Waals surface area contributed by atoms with Gasteiger partial charge in [0.2, 0.25) is 0 Å². The van der Waals surface area contributed by atoms with Crippen molar-refractivity contribution in [1.29, 1.82) is 0 Å². The monoisotopic (exact) mass is 284 g/mol. The van der Waals surface area contributed by atoms with E-state index in [1.165, 1.54) is 31.8 Å². The quantitative estimate of drug-likeness (QED) is 0.524. The van der Waals surface area contributed by atoms with Gasteiger partial charge in [-0.2, -0.15) is 0 Å². The van der Waals surface area contributed by atoms with Gasteiger partial charge < -0.3 is 4.74 Å². The molecule has 0 aliphatic carbocycles. The Balaban J connectivity index is 2.28. The van der Waals surface area contributed by atoms with Gasteiger partial charge in [-0.3, -0.25) is 4.79 Å². The van der Waals surface area contributed by atoms with Gasteiger partial charge in [0.25, 0.3) is 0 Å². The van der Waals surface area contributed by atoms with Gasteiger partial charge >= 0.3 is 5.97 Å². The van der Waals surface area contributed by atoms with E-state index in [4.69, 9.17) is 4.74 Å². The average molecular weight is 284 g/mol.